The third-order valence-corrected chi connectivity index (χ3v) is 2.76. The smallest absolute Gasteiger partial charge is 0.410 e. The quantitative estimate of drug-likeness (QED) is 0.779. The molecule has 0 saturated heterocycles. The highest BCUT2D eigenvalue weighted by Crippen LogP contribution is 2.21. The highest BCUT2D eigenvalue weighted by Gasteiger charge is 2.24. The van der Waals surface area contributed by atoms with Gasteiger partial charge in [-0.1, -0.05) is 6.08 Å². The summed E-state index contributed by atoms with van der Waals surface area (Å²) in [5.41, 5.74) is 1.63. The minimum atomic E-state index is -0.462. The van der Waals surface area contributed by atoms with Gasteiger partial charge in [0.05, 0.1) is 12.4 Å². The summed E-state index contributed by atoms with van der Waals surface area (Å²) in [4.78, 5) is 13.8. The van der Waals surface area contributed by atoms with Gasteiger partial charge in [-0.25, -0.2) is 4.79 Å². The first kappa shape index (κ1) is 13.5. The number of amides is 1. The molecule has 0 spiro atoms. The molecule has 0 unspecified atom stereocenters. The van der Waals surface area contributed by atoms with Crippen LogP contribution in [-0.2, 0) is 4.74 Å². The topological polar surface area (TPSA) is 55.3 Å². The molecule has 5 nitrogen and oxygen atoms in total. The lowest BCUT2D eigenvalue weighted by atomic mass is 10.0. The van der Waals surface area contributed by atoms with E-state index in [2.05, 4.69) is 16.3 Å². The zero-order chi connectivity index (χ0) is 13.9. The average molecular weight is 261 g/mol. The molecule has 0 bridgehead atoms. The molecule has 1 aliphatic heterocycles. The maximum absolute atomic E-state index is 12.0. The largest absolute Gasteiger partial charge is 0.444 e. The number of rotatable bonds is 1. The average Bonchev–Trinajstić information content (AvgIpc) is 2.38. The first-order valence-electron chi connectivity index (χ1n) is 6.40. The van der Waals surface area contributed by atoms with Crippen LogP contribution in [0.25, 0.3) is 5.57 Å². The van der Waals surface area contributed by atoms with E-state index >= 15 is 0 Å². The van der Waals surface area contributed by atoms with Crippen molar-refractivity contribution in [2.45, 2.75) is 32.8 Å². The summed E-state index contributed by atoms with van der Waals surface area (Å²) in [6.45, 7) is 6.87. The van der Waals surface area contributed by atoms with Gasteiger partial charge in [0, 0.05) is 18.7 Å². The summed E-state index contributed by atoms with van der Waals surface area (Å²) in [6.07, 6.45) is 6.07. The van der Waals surface area contributed by atoms with Crippen molar-refractivity contribution in [2.75, 3.05) is 13.1 Å². The van der Waals surface area contributed by atoms with Crippen LogP contribution in [0.3, 0.4) is 0 Å². The van der Waals surface area contributed by atoms with Crippen LogP contribution in [0.5, 0.6) is 0 Å². The Kier molecular flexibility index (Phi) is 3.83. The summed E-state index contributed by atoms with van der Waals surface area (Å²) >= 11 is 0. The van der Waals surface area contributed by atoms with Gasteiger partial charge in [0.25, 0.3) is 0 Å². The maximum Gasteiger partial charge on any atom is 0.410 e. The van der Waals surface area contributed by atoms with Crippen molar-refractivity contribution in [2.24, 2.45) is 0 Å². The number of hydrogen-bond donors (Lipinski definition) is 0. The van der Waals surface area contributed by atoms with E-state index in [0.29, 0.717) is 13.1 Å². The molecular formula is C14H19N3O2. The zero-order valence-electron chi connectivity index (χ0n) is 11.6. The Morgan fingerprint density at radius 3 is 2.79 bits per heavy atom. The Morgan fingerprint density at radius 1 is 1.37 bits per heavy atom. The van der Waals surface area contributed by atoms with Gasteiger partial charge in [0.15, 0.2) is 0 Å². The summed E-state index contributed by atoms with van der Waals surface area (Å²) in [5, 5.41) is 7.62. The number of carbonyl (C=O) groups is 1. The third-order valence-electron chi connectivity index (χ3n) is 2.76. The molecule has 0 N–H and O–H groups in total. The van der Waals surface area contributed by atoms with Crippen molar-refractivity contribution in [3.63, 3.8) is 0 Å². The Bertz CT molecular complexity index is 477. The number of carbonyl (C=O) groups excluding carboxylic acids is 1. The van der Waals surface area contributed by atoms with Gasteiger partial charge in [-0.3, -0.25) is 0 Å². The second kappa shape index (κ2) is 5.38. The van der Waals surface area contributed by atoms with Crippen LogP contribution in [-0.4, -0.2) is 39.9 Å². The van der Waals surface area contributed by atoms with E-state index in [1.165, 1.54) is 0 Å². The molecule has 0 saturated carbocycles. The van der Waals surface area contributed by atoms with Crippen molar-refractivity contribution in [3.8, 4) is 0 Å². The molecule has 0 aromatic carbocycles. The fourth-order valence-electron chi connectivity index (χ4n) is 1.92. The van der Waals surface area contributed by atoms with Gasteiger partial charge in [-0.2, -0.15) is 10.2 Å². The molecule has 2 rings (SSSR count). The Balaban J connectivity index is 2.05. The highest BCUT2D eigenvalue weighted by molar-refractivity contribution is 5.75. The van der Waals surface area contributed by atoms with Crippen LogP contribution in [0, 0.1) is 0 Å². The van der Waals surface area contributed by atoms with Gasteiger partial charge >= 0.3 is 6.09 Å². The predicted molar refractivity (Wildman–Crippen MR) is 72.4 cm³/mol. The number of hydrogen-bond acceptors (Lipinski definition) is 4. The zero-order valence-corrected chi connectivity index (χ0v) is 11.6. The van der Waals surface area contributed by atoms with Crippen molar-refractivity contribution in [1.29, 1.82) is 0 Å². The van der Waals surface area contributed by atoms with Gasteiger partial charge in [0.2, 0.25) is 0 Å². The van der Waals surface area contributed by atoms with Crippen molar-refractivity contribution in [1.82, 2.24) is 15.1 Å². The van der Waals surface area contributed by atoms with E-state index in [1.807, 2.05) is 26.8 Å². The first-order valence-corrected chi connectivity index (χ1v) is 6.40. The summed E-state index contributed by atoms with van der Waals surface area (Å²) in [7, 11) is 0. The molecule has 2 heterocycles. The van der Waals surface area contributed by atoms with Crippen molar-refractivity contribution >= 4 is 11.7 Å². The molecule has 5 heteroatoms. The van der Waals surface area contributed by atoms with E-state index in [9.17, 15) is 4.79 Å². The second-order valence-electron chi connectivity index (χ2n) is 5.55. The number of nitrogens with zero attached hydrogens (tertiary/aromatic N) is 3. The molecular weight excluding hydrogens is 242 g/mol. The van der Waals surface area contributed by atoms with Crippen LogP contribution < -0.4 is 0 Å². The van der Waals surface area contributed by atoms with Crippen LogP contribution in [0.15, 0.2) is 24.5 Å². The molecule has 1 aliphatic rings. The van der Waals surface area contributed by atoms with Gasteiger partial charge < -0.3 is 9.64 Å². The molecule has 0 radical (unpaired) electrons. The molecule has 19 heavy (non-hydrogen) atoms. The fraction of sp³-hybridized carbons (Fsp3) is 0.500. The van der Waals surface area contributed by atoms with Gasteiger partial charge in [-0.05, 0) is 38.8 Å². The summed E-state index contributed by atoms with van der Waals surface area (Å²) in [6, 6.07) is 1.90. The minimum Gasteiger partial charge on any atom is -0.444 e. The molecule has 1 amide bonds. The molecule has 1 aromatic rings. The van der Waals surface area contributed by atoms with Crippen LogP contribution in [0.1, 0.15) is 32.8 Å². The van der Waals surface area contributed by atoms with E-state index in [-0.39, 0.29) is 6.09 Å². The summed E-state index contributed by atoms with van der Waals surface area (Å²) < 4.78 is 5.39. The van der Waals surface area contributed by atoms with Crippen molar-refractivity contribution < 1.29 is 9.53 Å². The SMILES string of the molecule is CC(C)(C)OC(=O)N1CCC=C(c2ccnnc2)C1. The van der Waals surface area contributed by atoms with E-state index < -0.39 is 5.60 Å². The predicted octanol–water partition coefficient (Wildman–Crippen LogP) is 2.50. The van der Waals surface area contributed by atoms with Gasteiger partial charge in [0.1, 0.15) is 5.60 Å². The van der Waals surface area contributed by atoms with E-state index in [4.69, 9.17) is 4.74 Å². The van der Waals surface area contributed by atoms with Crippen LogP contribution in [0.4, 0.5) is 4.79 Å². The number of aromatic nitrogens is 2. The van der Waals surface area contributed by atoms with Crippen LogP contribution in [0.2, 0.25) is 0 Å². The Morgan fingerprint density at radius 2 is 2.16 bits per heavy atom. The lowest BCUT2D eigenvalue weighted by molar-refractivity contribution is 0.0273. The monoisotopic (exact) mass is 261 g/mol. The Hall–Kier alpha value is -1.91. The van der Waals surface area contributed by atoms with Crippen molar-refractivity contribution in [3.05, 3.63) is 30.1 Å². The molecule has 1 aromatic heterocycles. The van der Waals surface area contributed by atoms with E-state index in [1.54, 1.807) is 17.3 Å². The first-order chi connectivity index (χ1) is 8.96. The molecule has 0 aliphatic carbocycles. The lowest BCUT2D eigenvalue weighted by Crippen LogP contribution is -2.39. The molecule has 102 valence electrons. The Labute approximate surface area is 113 Å². The lowest BCUT2D eigenvalue weighted by Gasteiger charge is -2.30. The third kappa shape index (κ3) is 3.77. The second-order valence-corrected chi connectivity index (χ2v) is 5.55. The number of ether oxygens (including phenoxy) is 1. The minimum absolute atomic E-state index is 0.264. The molecule has 0 fully saturated rings. The fourth-order valence-corrected chi connectivity index (χ4v) is 1.92. The molecule has 0 atom stereocenters. The van der Waals surface area contributed by atoms with Gasteiger partial charge in [-0.15, -0.1) is 0 Å². The normalized spacial score (nSPS) is 15.9. The highest BCUT2D eigenvalue weighted by atomic mass is 16.6. The van der Waals surface area contributed by atoms with E-state index in [0.717, 1.165) is 17.6 Å². The maximum atomic E-state index is 12.0. The standard InChI is InChI=1S/C14H19N3O2/c1-14(2,3)19-13(18)17-8-4-5-12(10-17)11-6-7-15-16-9-11/h5-7,9H,4,8,10H2,1-3H3. The summed E-state index contributed by atoms with van der Waals surface area (Å²) in [5.74, 6) is 0. The van der Waals surface area contributed by atoms with Crippen LogP contribution >= 0.6 is 0 Å².